The SMILES string of the molecule is CC(=O)NC(CC(=O)NC(C)(CO)CO)c1cccs1. The van der Waals surface area contributed by atoms with Crippen LogP contribution >= 0.6 is 11.3 Å². The highest BCUT2D eigenvalue weighted by Crippen LogP contribution is 2.22. The minimum absolute atomic E-state index is 0.0513. The van der Waals surface area contributed by atoms with E-state index in [-0.39, 0.29) is 31.4 Å². The second kappa shape index (κ2) is 7.37. The molecule has 4 N–H and O–H groups in total. The molecule has 0 aliphatic rings. The van der Waals surface area contributed by atoms with Gasteiger partial charge in [0.2, 0.25) is 11.8 Å². The summed E-state index contributed by atoms with van der Waals surface area (Å²) in [6.07, 6.45) is 0.0513. The summed E-state index contributed by atoms with van der Waals surface area (Å²) in [6, 6.07) is 3.28. The van der Waals surface area contributed by atoms with E-state index in [0.29, 0.717) is 0 Å². The van der Waals surface area contributed by atoms with Crippen LogP contribution < -0.4 is 10.6 Å². The largest absolute Gasteiger partial charge is 0.394 e. The lowest BCUT2D eigenvalue weighted by molar-refractivity contribution is -0.125. The molecule has 0 radical (unpaired) electrons. The van der Waals surface area contributed by atoms with E-state index in [1.807, 2.05) is 17.5 Å². The van der Waals surface area contributed by atoms with Gasteiger partial charge in [0.25, 0.3) is 0 Å². The van der Waals surface area contributed by atoms with Crippen molar-refractivity contribution >= 4 is 23.2 Å². The van der Waals surface area contributed by atoms with E-state index in [1.165, 1.54) is 18.3 Å². The Labute approximate surface area is 121 Å². The van der Waals surface area contributed by atoms with E-state index in [9.17, 15) is 9.59 Å². The molecule has 0 bridgehead atoms. The molecule has 1 heterocycles. The first-order valence-electron chi connectivity index (χ1n) is 6.23. The molecule has 7 heteroatoms. The first-order chi connectivity index (χ1) is 9.40. The van der Waals surface area contributed by atoms with Gasteiger partial charge in [-0.05, 0) is 18.4 Å². The number of aliphatic hydroxyl groups is 2. The number of thiophene rings is 1. The maximum absolute atomic E-state index is 12.0. The summed E-state index contributed by atoms with van der Waals surface area (Å²) >= 11 is 1.45. The lowest BCUT2D eigenvalue weighted by Crippen LogP contribution is -2.52. The van der Waals surface area contributed by atoms with E-state index in [0.717, 1.165) is 4.88 Å². The van der Waals surface area contributed by atoms with Gasteiger partial charge in [-0.15, -0.1) is 11.3 Å². The predicted octanol–water partition coefficient (Wildman–Crippen LogP) is 0.175. The van der Waals surface area contributed by atoms with E-state index in [4.69, 9.17) is 10.2 Å². The summed E-state index contributed by atoms with van der Waals surface area (Å²) in [4.78, 5) is 24.1. The van der Waals surface area contributed by atoms with Gasteiger partial charge in [0.05, 0.1) is 31.2 Å². The molecule has 1 unspecified atom stereocenters. The number of carbonyl (C=O) groups is 2. The Balaban J connectivity index is 2.70. The maximum Gasteiger partial charge on any atom is 0.223 e. The molecule has 0 aliphatic carbocycles. The summed E-state index contributed by atoms with van der Waals surface area (Å²) < 4.78 is 0. The van der Waals surface area contributed by atoms with Crippen LogP contribution in [0.2, 0.25) is 0 Å². The quantitative estimate of drug-likeness (QED) is 0.577. The standard InChI is InChI=1S/C13H20N2O4S/c1-9(18)14-10(11-4-3-5-20-11)6-12(19)15-13(2,7-16)8-17/h3-5,10,16-17H,6-8H2,1-2H3,(H,14,18)(H,15,19). The Kier molecular flexibility index (Phi) is 6.12. The molecule has 2 amide bonds. The third kappa shape index (κ3) is 4.92. The van der Waals surface area contributed by atoms with Crippen LogP contribution in [-0.4, -0.2) is 40.8 Å². The van der Waals surface area contributed by atoms with Crippen molar-refractivity contribution in [2.45, 2.75) is 31.8 Å². The van der Waals surface area contributed by atoms with Gasteiger partial charge in [-0.3, -0.25) is 9.59 Å². The van der Waals surface area contributed by atoms with Crippen LogP contribution in [0, 0.1) is 0 Å². The molecule has 20 heavy (non-hydrogen) atoms. The van der Waals surface area contributed by atoms with Crippen LogP contribution in [-0.2, 0) is 9.59 Å². The molecule has 0 saturated heterocycles. The highest BCUT2D eigenvalue weighted by atomic mass is 32.1. The average Bonchev–Trinajstić information content (AvgIpc) is 2.91. The molecule has 1 aromatic rings. The zero-order valence-corrected chi connectivity index (χ0v) is 12.4. The van der Waals surface area contributed by atoms with Crippen LogP contribution in [0.25, 0.3) is 0 Å². The summed E-state index contributed by atoms with van der Waals surface area (Å²) in [5.41, 5.74) is -1.06. The van der Waals surface area contributed by atoms with Crippen LogP contribution in [0.4, 0.5) is 0 Å². The number of rotatable bonds is 7. The van der Waals surface area contributed by atoms with Crippen molar-refractivity contribution in [3.05, 3.63) is 22.4 Å². The van der Waals surface area contributed by atoms with Crippen LogP contribution in [0.1, 0.15) is 31.2 Å². The van der Waals surface area contributed by atoms with Crippen molar-refractivity contribution in [3.8, 4) is 0 Å². The molecule has 0 spiro atoms. The first kappa shape index (κ1) is 16.6. The highest BCUT2D eigenvalue weighted by Gasteiger charge is 2.26. The Morgan fingerprint density at radius 3 is 2.50 bits per heavy atom. The zero-order chi connectivity index (χ0) is 15.2. The zero-order valence-electron chi connectivity index (χ0n) is 11.5. The molecular formula is C13H20N2O4S. The fourth-order valence-corrected chi connectivity index (χ4v) is 2.44. The maximum atomic E-state index is 12.0. The Morgan fingerprint density at radius 2 is 2.05 bits per heavy atom. The average molecular weight is 300 g/mol. The van der Waals surface area contributed by atoms with Gasteiger partial charge < -0.3 is 20.8 Å². The van der Waals surface area contributed by atoms with Crippen molar-refractivity contribution in [3.63, 3.8) is 0 Å². The summed E-state index contributed by atoms with van der Waals surface area (Å²) in [5, 5.41) is 25.5. The van der Waals surface area contributed by atoms with E-state index in [2.05, 4.69) is 10.6 Å². The minimum Gasteiger partial charge on any atom is -0.394 e. The monoisotopic (exact) mass is 300 g/mol. The number of hydrogen-bond acceptors (Lipinski definition) is 5. The van der Waals surface area contributed by atoms with Crippen molar-refractivity contribution in [1.82, 2.24) is 10.6 Å². The molecule has 0 saturated carbocycles. The van der Waals surface area contributed by atoms with Crippen LogP contribution in [0.15, 0.2) is 17.5 Å². The van der Waals surface area contributed by atoms with Crippen molar-refractivity contribution in [2.75, 3.05) is 13.2 Å². The fourth-order valence-electron chi connectivity index (χ4n) is 1.66. The molecule has 0 fully saturated rings. The molecule has 1 atom stereocenters. The molecule has 0 aliphatic heterocycles. The molecule has 1 aromatic heterocycles. The normalized spacial score (nSPS) is 12.8. The third-order valence-electron chi connectivity index (χ3n) is 2.79. The number of hydrogen-bond donors (Lipinski definition) is 4. The van der Waals surface area contributed by atoms with Crippen molar-refractivity contribution in [2.24, 2.45) is 0 Å². The van der Waals surface area contributed by atoms with Gasteiger partial charge in [0.1, 0.15) is 0 Å². The summed E-state index contributed by atoms with van der Waals surface area (Å²) in [5.74, 6) is -0.564. The van der Waals surface area contributed by atoms with E-state index < -0.39 is 11.6 Å². The second-order valence-electron chi connectivity index (χ2n) is 4.90. The Morgan fingerprint density at radius 1 is 1.40 bits per heavy atom. The molecule has 112 valence electrons. The third-order valence-corrected chi connectivity index (χ3v) is 3.78. The first-order valence-corrected chi connectivity index (χ1v) is 7.11. The van der Waals surface area contributed by atoms with Gasteiger partial charge in [0, 0.05) is 11.8 Å². The van der Waals surface area contributed by atoms with Crippen LogP contribution in [0.5, 0.6) is 0 Å². The second-order valence-corrected chi connectivity index (χ2v) is 5.88. The van der Waals surface area contributed by atoms with Gasteiger partial charge in [0.15, 0.2) is 0 Å². The van der Waals surface area contributed by atoms with Crippen molar-refractivity contribution in [1.29, 1.82) is 0 Å². The minimum atomic E-state index is -1.06. The van der Waals surface area contributed by atoms with E-state index >= 15 is 0 Å². The smallest absolute Gasteiger partial charge is 0.223 e. The topological polar surface area (TPSA) is 98.7 Å². The van der Waals surface area contributed by atoms with Crippen molar-refractivity contribution < 1.29 is 19.8 Å². The highest BCUT2D eigenvalue weighted by molar-refractivity contribution is 7.10. The number of aliphatic hydroxyl groups excluding tert-OH is 2. The van der Waals surface area contributed by atoms with E-state index in [1.54, 1.807) is 6.92 Å². The lowest BCUT2D eigenvalue weighted by Gasteiger charge is -2.27. The molecule has 1 rings (SSSR count). The lowest BCUT2D eigenvalue weighted by atomic mass is 10.0. The number of amides is 2. The number of carbonyl (C=O) groups excluding carboxylic acids is 2. The fraction of sp³-hybridized carbons (Fsp3) is 0.538. The Hall–Kier alpha value is -1.44. The van der Waals surface area contributed by atoms with Gasteiger partial charge >= 0.3 is 0 Å². The molecular weight excluding hydrogens is 280 g/mol. The number of nitrogens with one attached hydrogen (secondary N) is 2. The van der Waals surface area contributed by atoms with Crippen LogP contribution in [0.3, 0.4) is 0 Å². The van der Waals surface area contributed by atoms with Gasteiger partial charge in [-0.2, -0.15) is 0 Å². The Bertz CT molecular complexity index is 443. The summed E-state index contributed by atoms with van der Waals surface area (Å²) in [6.45, 7) is 2.21. The van der Waals surface area contributed by atoms with Gasteiger partial charge in [-0.25, -0.2) is 0 Å². The molecule has 0 aromatic carbocycles. The molecule has 6 nitrogen and oxygen atoms in total. The predicted molar refractivity (Wildman–Crippen MR) is 76.2 cm³/mol. The summed E-state index contributed by atoms with van der Waals surface area (Å²) in [7, 11) is 0. The van der Waals surface area contributed by atoms with Gasteiger partial charge in [-0.1, -0.05) is 6.07 Å².